The predicted octanol–water partition coefficient (Wildman–Crippen LogP) is 3.43. The van der Waals surface area contributed by atoms with Gasteiger partial charge in [0.1, 0.15) is 5.70 Å². The minimum atomic E-state index is -0.282. The van der Waals surface area contributed by atoms with E-state index >= 15 is 0 Å². The Bertz CT molecular complexity index is 959. The van der Waals surface area contributed by atoms with E-state index in [-0.39, 0.29) is 11.8 Å². The molecule has 0 N–H and O–H groups in total. The van der Waals surface area contributed by atoms with Crippen LogP contribution in [0.2, 0.25) is 5.02 Å². The van der Waals surface area contributed by atoms with E-state index in [2.05, 4.69) is 18.9 Å². The lowest BCUT2D eigenvalue weighted by atomic mass is 10.0. The van der Waals surface area contributed by atoms with Crippen LogP contribution >= 0.6 is 11.6 Å². The zero-order chi connectivity index (χ0) is 20.5. The van der Waals surface area contributed by atoms with Gasteiger partial charge in [0, 0.05) is 31.2 Å². The standard InChI is InChI=1S/C23H24ClN3O2/c1-3-16-4-10-19(11-5-16)27-22(28)20(17-6-8-18(24)9-7-17)21(23(27)29)26-14-12-25(2)13-15-26/h4-11H,3,12-15H2,1-2H3. The van der Waals surface area contributed by atoms with Crippen LogP contribution in [0.15, 0.2) is 54.2 Å². The molecule has 29 heavy (non-hydrogen) atoms. The highest BCUT2D eigenvalue weighted by Gasteiger charge is 2.42. The SMILES string of the molecule is CCc1ccc(N2C(=O)C(c3ccc(Cl)cc3)=C(N3CCN(C)CC3)C2=O)cc1. The van der Waals surface area contributed by atoms with Gasteiger partial charge in [-0.25, -0.2) is 4.90 Å². The van der Waals surface area contributed by atoms with Gasteiger partial charge in [0.25, 0.3) is 11.8 Å². The number of piperazine rings is 1. The van der Waals surface area contributed by atoms with Crippen LogP contribution in [0, 0.1) is 0 Å². The third kappa shape index (κ3) is 3.68. The van der Waals surface area contributed by atoms with Crippen molar-refractivity contribution in [1.29, 1.82) is 0 Å². The van der Waals surface area contributed by atoms with Gasteiger partial charge < -0.3 is 9.80 Å². The average Bonchev–Trinajstić information content (AvgIpc) is 2.99. The highest BCUT2D eigenvalue weighted by atomic mass is 35.5. The van der Waals surface area contributed by atoms with Crippen LogP contribution in [-0.2, 0) is 16.0 Å². The topological polar surface area (TPSA) is 43.9 Å². The fourth-order valence-electron chi connectivity index (χ4n) is 3.83. The third-order valence-electron chi connectivity index (χ3n) is 5.61. The highest BCUT2D eigenvalue weighted by Crippen LogP contribution is 2.35. The molecule has 0 spiro atoms. The fraction of sp³-hybridized carbons (Fsp3) is 0.304. The van der Waals surface area contributed by atoms with E-state index in [0.29, 0.717) is 40.6 Å². The average molecular weight is 410 g/mol. The number of hydrogen-bond acceptors (Lipinski definition) is 4. The van der Waals surface area contributed by atoms with Gasteiger partial charge in [-0.15, -0.1) is 0 Å². The molecule has 0 saturated carbocycles. The van der Waals surface area contributed by atoms with Crippen LogP contribution in [-0.4, -0.2) is 54.8 Å². The smallest absolute Gasteiger partial charge is 0.282 e. The van der Waals surface area contributed by atoms with Crippen molar-refractivity contribution in [1.82, 2.24) is 9.80 Å². The molecular weight excluding hydrogens is 386 g/mol. The molecule has 2 aliphatic rings. The molecule has 2 aliphatic heterocycles. The van der Waals surface area contributed by atoms with E-state index in [1.165, 1.54) is 4.90 Å². The molecule has 6 heteroatoms. The number of halogens is 1. The first-order chi connectivity index (χ1) is 14.0. The summed E-state index contributed by atoms with van der Waals surface area (Å²) in [5.74, 6) is -0.538. The molecule has 2 aromatic carbocycles. The molecule has 4 rings (SSSR count). The van der Waals surface area contributed by atoms with Crippen molar-refractivity contribution in [2.75, 3.05) is 38.1 Å². The van der Waals surface area contributed by atoms with Crippen molar-refractivity contribution in [3.63, 3.8) is 0 Å². The number of carbonyl (C=O) groups excluding carboxylic acids is 2. The van der Waals surface area contributed by atoms with Crippen LogP contribution in [0.25, 0.3) is 5.57 Å². The Balaban J connectivity index is 1.77. The summed E-state index contributed by atoms with van der Waals surface area (Å²) in [6.45, 7) is 5.20. The minimum Gasteiger partial charge on any atom is -0.364 e. The van der Waals surface area contributed by atoms with Crippen molar-refractivity contribution in [2.45, 2.75) is 13.3 Å². The Labute approximate surface area is 176 Å². The van der Waals surface area contributed by atoms with E-state index in [0.717, 1.165) is 25.1 Å². The number of amides is 2. The molecule has 150 valence electrons. The summed E-state index contributed by atoms with van der Waals surface area (Å²) in [5, 5.41) is 0.597. The molecule has 1 saturated heterocycles. The minimum absolute atomic E-state index is 0.256. The van der Waals surface area contributed by atoms with Crippen LogP contribution < -0.4 is 4.90 Å². The maximum Gasteiger partial charge on any atom is 0.282 e. The molecule has 0 atom stereocenters. The number of benzene rings is 2. The normalized spacial score (nSPS) is 18.2. The molecule has 0 aliphatic carbocycles. The van der Waals surface area contributed by atoms with Gasteiger partial charge in [0.05, 0.1) is 11.3 Å². The fourth-order valence-corrected chi connectivity index (χ4v) is 3.96. The van der Waals surface area contributed by atoms with Crippen LogP contribution in [0.1, 0.15) is 18.1 Å². The largest absolute Gasteiger partial charge is 0.364 e. The van der Waals surface area contributed by atoms with Crippen molar-refractivity contribution in [2.24, 2.45) is 0 Å². The van der Waals surface area contributed by atoms with Gasteiger partial charge in [0.2, 0.25) is 0 Å². The van der Waals surface area contributed by atoms with Crippen LogP contribution in [0.5, 0.6) is 0 Å². The second-order valence-electron chi connectivity index (χ2n) is 7.49. The van der Waals surface area contributed by atoms with E-state index in [9.17, 15) is 9.59 Å². The first kappa shape index (κ1) is 19.7. The number of imide groups is 1. The van der Waals surface area contributed by atoms with Crippen molar-refractivity contribution in [3.05, 3.63) is 70.4 Å². The molecule has 0 bridgehead atoms. The Morgan fingerprint density at radius 2 is 1.48 bits per heavy atom. The maximum atomic E-state index is 13.5. The van der Waals surface area contributed by atoms with Crippen molar-refractivity contribution >= 4 is 34.7 Å². The van der Waals surface area contributed by atoms with Gasteiger partial charge in [-0.1, -0.05) is 42.8 Å². The molecule has 0 unspecified atom stereocenters. The molecule has 0 radical (unpaired) electrons. The molecular formula is C23H24ClN3O2. The number of likely N-dealkylation sites (N-methyl/N-ethyl adjacent to an activating group) is 1. The Hall–Kier alpha value is -2.63. The number of carbonyl (C=O) groups is 2. The van der Waals surface area contributed by atoms with E-state index in [1.807, 2.05) is 41.3 Å². The lowest BCUT2D eigenvalue weighted by Gasteiger charge is -2.34. The Kier molecular flexibility index (Phi) is 5.43. The zero-order valence-electron chi connectivity index (χ0n) is 16.7. The van der Waals surface area contributed by atoms with Gasteiger partial charge in [-0.2, -0.15) is 0 Å². The van der Waals surface area contributed by atoms with Crippen LogP contribution in [0.4, 0.5) is 5.69 Å². The van der Waals surface area contributed by atoms with E-state index in [4.69, 9.17) is 11.6 Å². The van der Waals surface area contributed by atoms with Gasteiger partial charge in [0.15, 0.2) is 0 Å². The number of anilines is 1. The zero-order valence-corrected chi connectivity index (χ0v) is 17.4. The second-order valence-corrected chi connectivity index (χ2v) is 7.92. The number of aryl methyl sites for hydroxylation is 1. The lowest BCUT2D eigenvalue weighted by molar-refractivity contribution is -0.120. The van der Waals surface area contributed by atoms with Crippen molar-refractivity contribution in [3.8, 4) is 0 Å². The first-order valence-electron chi connectivity index (χ1n) is 9.91. The molecule has 2 heterocycles. The molecule has 5 nitrogen and oxygen atoms in total. The summed E-state index contributed by atoms with van der Waals surface area (Å²) in [6.07, 6.45) is 0.906. The van der Waals surface area contributed by atoms with Crippen molar-refractivity contribution < 1.29 is 9.59 Å². The van der Waals surface area contributed by atoms with Crippen LogP contribution in [0.3, 0.4) is 0 Å². The summed E-state index contributed by atoms with van der Waals surface area (Å²) in [4.78, 5) is 32.5. The molecule has 2 amide bonds. The summed E-state index contributed by atoms with van der Waals surface area (Å²) >= 11 is 6.04. The molecule has 0 aromatic heterocycles. The predicted molar refractivity (Wildman–Crippen MR) is 116 cm³/mol. The van der Waals surface area contributed by atoms with Gasteiger partial charge in [-0.3, -0.25) is 9.59 Å². The highest BCUT2D eigenvalue weighted by molar-refractivity contribution is 6.45. The number of rotatable bonds is 4. The van der Waals surface area contributed by atoms with E-state index < -0.39 is 0 Å². The van der Waals surface area contributed by atoms with Gasteiger partial charge >= 0.3 is 0 Å². The number of hydrogen-bond donors (Lipinski definition) is 0. The molecule has 1 fully saturated rings. The Morgan fingerprint density at radius 3 is 2.07 bits per heavy atom. The first-order valence-corrected chi connectivity index (χ1v) is 10.3. The quantitative estimate of drug-likeness (QED) is 0.725. The summed E-state index contributed by atoms with van der Waals surface area (Å²) in [5.41, 5.74) is 3.43. The second kappa shape index (κ2) is 8.01. The summed E-state index contributed by atoms with van der Waals surface area (Å²) in [6, 6.07) is 14.7. The monoisotopic (exact) mass is 409 g/mol. The van der Waals surface area contributed by atoms with Gasteiger partial charge in [-0.05, 0) is 48.9 Å². The summed E-state index contributed by atoms with van der Waals surface area (Å²) < 4.78 is 0. The number of nitrogens with zero attached hydrogens (tertiary/aromatic N) is 3. The lowest BCUT2D eigenvalue weighted by Crippen LogP contribution is -2.46. The molecule has 2 aromatic rings. The Morgan fingerprint density at radius 1 is 0.862 bits per heavy atom. The summed E-state index contributed by atoms with van der Waals surface area (Å²) in [7, 11) is 2.06. The van der Waals surface area contributed by atoms with E-state index in [1.54, 1.807) is 12.1 Å². The maximum absolute atomic E-state index is 13.5. The third-order valence-corrected chi connectivity index (χ3v) is 5.87.